The summed E-state index contributed by atoms with van der Waals surface area (Å²) in [6.45, 7) is 6.48. The molecule has 0 bridgehead atoms. The summed E-state index contributed by atoms with van der Waals surface area (Å²) < 4.78 is 11.3. The fraction of sp³-hybridized carbons (Fsp3) is 0.286. The molecule has 0 radical (unpaired) electrons. The number of oxime groups is 1. The lowest BCUT2D eigenvalue weighted by molar-refractivity contribution is 0.00128. The van der Waals surface area contributed by atoms with Gasteiger partial charge in [0.2, 0.25) is 0 Å². The molecule has 0 amide bonds. The van der Waals surface area contributed by atoms with E-state index in [1.807, 2.05) is 69.3 Å². The van der Waals surface area contributed by atoms with Gasteiger partial charge in [-0.05, 0) is 75.4 Å². The molecule has 2 rings (SSSR count). The van der Waals surface area contributed by atoms with Crippen LogP contribution in [0.25, 0.3) is 0 Å². The van der Waals surface area contributed by atoms with Crippen molar-refractivity contribution in [1.29, 1.82) is 0 Å². The number of hydrogen-bond donors (Lipinski definition) is 1. The SMILES string of the molecule is CC(C)(C)ON=CCOc1ccc(Nc2ccc(OCC=C(Cl)Cl)cc2)cc1. The Morgan fingerprint density at radius 3 is 1.86 bits per heavy atom. The first-order valence-corrected chi connectivity index (χ1v) is 9.51. The summed E-state index contributed by atoms with van der Waals surface area (Å²) in [4.78, 5) is 5.25. The lowest BCUT2D eigenvalue weighted by atomic mass is 10.2. The van der Waals surface area contributed by atoms with Gasteiger partial charge >= 0.3 is 0 Å². The summed E-state index contributed by atoms with van der Waals surface area (Å²) >= 11 is 11.1. The number of nitrogens with one attached hydrogen (secondary N) is 1. The van der Waals surface area contributed by atoms with Crippen molar-refractivity contribution in [1.82, 2.24) is 0 Å². The van der Waals surface area contributed by atoms with Crippen LogP contribution < -0.4 is 14.8 Å². The van der Waals surface area contributed by atoms with E-state index in [2.05, 4.69) is 10.5 Å². The van der Waals surface area contributed by atoms with Crippen molar-refractivity contribution in [3.63, 3.8) is 0 Å². The molecule has 5 nitrogen and oxygen atoms in total. The van der Waals surface area contributed by atoms with E-state index in [-0.39, 0.29) is 10.1 Å². The van der Waals surface area contributed by atoms with Crippen LogP contribution >= 0.6 is 23.2 Å². The summed E-state index contributed by atoms with van der Waals surface area (Å²) in [6.07, 6.45) is 3.18. The number of benzene rings is 2. The zero-order valence-electron chi connectivity index (χ0n) is 16.1. The third-order valence-corrected chi connectivity index (χ3v) is 3.52. The molecule has 0 atom stereocenters. The first-order chi connectivity index (χ1) is 13.3. The summed E-state index contributed by atoms with van der Waals surface area (Å²) in [6, 6.07) is 15.3. The molecule has 0 aromatic heterocycles. The number of anilines is 2. The number of ether oxygens (including phenoxy) is 2. The van der Waals surface area contributed by atoms with E-state index in [1.165, 1.54) is 0 Å². The first kappa shape index (κ1) is 21.9. The molecule has 0 unspecified atom stereocenters. The third-order valence-electron chi connectivity index (χ3n) is 3.21. The molecule has 0 spiro atoms. The van der Waals surface area contributed by atoms with Crippen LogP contribution in [-0.4, -0.2) is 25.0 Å². The number of hydrogen-bond acceptors (Lipinski definition) is 5. The van der Waals surface area contributed by atoms with Crippen LogP contribution in [0.2, 0.25) is 0 Å². The molecule has 28 heavy (non-hydrogen) atoms. The Balaban J connectivity index is 1.79. The van der Waals surface area contributed by atoms with Crippen LogP contribution in [0.5, 0.6) is 11.5 Å². The minimum Gasteiger partial charge on any atom is -0.489 e. The average molecular weight is 423 g/mol. The second kappa shape index (κ2) is 10.8. The monoisotopic (exact) mass is 422 g/mol. The Hall–Kier alpha value is -2.37. The summed E-state index contributed by atoms with van der Waals surface area (Å²) in [5, 5.41) is 7.19. The van der Waals surface area contributed by atoms with Crippen LogP contribution in [-0.2, 0) is 4.84 Å². The van der Waals surface area contributed by atoms with Crippen molar-refractivity contribution in [3.8, 4) is 11.5 Å². The van der Waals surface area contributed by atoms with Crippen LogP contribution in [0.3, 0.4) is 0 Å². The lowest BCUT2D eigenvalue weighted by Crippen LogP contribution is -2.16. The molecule has 0 aliphatic rings. The van der Waals surface area contributed by atoms with Gasteiger partial charge in [-0.2, -0.15) is 0 Å². The van der Waals surface area contributed by atoms with E-state index in [9.17, 15) is 0 Å². The highest BCUT2D eigenvalue weighted by Crippen LogP contribution is 2.22. The predicted molar refractivity (Wildman–Crippen MR) is 116 cm³/mol. The molecule has 0 saturated heterocycles. The highest BCUT2D eigenvalue weighted by molar-refractivity contribution is 6.55. The first-order valence-electron chi connectivity index (χ1n) is 8.76. The summed E-state index contributed by atoms with van der Waals surface area (Å²) in [7, 11) is 0. The van der Waals surface area contributed by atoms with Crippen molar-refractivity contribution in [2.45, 2.75) is 26.4 Å². The van der Waals surface area contributed by atoms with Crippen molar-refractivity contribution < 1.29 is 14.3 Å². The van der Waals surface area contributed by atoms with E-state index >= 15 is 0 Å². The van der Waals surface area contributed by atoms with Gasteiger partial charge in [0.05, 0.1) is 6.21 Å². The Morgan fingerprint density at radius 2 is 1.39 bits per heavy atom. The fourth-order valence-corrected chi connectivity index (χ4v) is 2.12. The van der Waals surface area contributed by atoms with E-state index in [0.717, 1.165) is 22.9 Å². The molecule has 2 aromatic carbocycles. The van der Waals surface area contributed by atoms with Gasteiger partial charge in [-0.1, -0.05) is 28.4 Å². The van der Waals surface area contributed by atoms with E-state index in [1.54, 1.807) is 12.3 Å². The highest BCUT2D eigenvalue weighted by atomic mass is 35.5. The Morgan fingerprint density at radius 1 is 0.893 bits per heavy atom. The zero-order valence-corrected chi connectivity index (χ0v) is 17.6. The Bertz CT molecular complexity index is 779. The van der Waals surface area contributed by atoms with Gasteiger partial charge in [0.1, 0.15) is 34.8 Å². The molecule has 0 aliphatic heterocycles. The van der Waals surface area contributed by atoms with Crippen LogP contribution in [0.15, 0.2) is 64.3 Å². The van der Waals surface area contributed by atoms with Crippen molar-refractivity contribution in [2.75, 3.05) is 18.5 Å². The van der Waals surface area contributed by atoms with Gasteiger partial charge in [-0.25, -0.2) is 0 Å². The van der Waals surface area contributed by atoms with Gasteiger partial charge in [-0.3, -0.25) is 0 Å². The van der Waals surface area contributed by atoms with Gasteiger partial charge in [0, 0.05) is 11.4 Å². The van der Waals surface area contributed by atoms with Gasteiger partial charge in [-0.15, -0.1) is 0 Å². The van der Waals surface area contributed by atoms with Gasteiger partial charge in [0.15, 0.2) is 0 Å². The maximum absolute atomic E-state index is 5.60. The maximum atomic E-state index is 5.60. The summed E-state index contributed by atoms with van der Waals surface area (Å²) in [5.41, 5.74) is 1.59. The highest BCUT2D eigenvalue weighted by Gasteiger charge is 2.09. The normalized spacial score (nSPS) is 11.2. The molecule has 0 saturated carbocycles. The molecule has 7 heteroatoms. The van der Waals surface area contributed by atoms with Crippen molar-refractivity contribution in [3.05, 3.63) is 59.1 Å². The number of nitrogens with zero attached hydrogens (tertiary/aromatic N) is 1. The second-order valence-electron chi connectivity index (χ2n) is 6.78. The largest absolute Gasteiger partial charge is 0.489 e. The standard InChI is InChI=1S/C21H24Cl2N2O3/c1-21(2,3)28-24-13-15-27-19-10-6-17(7-11-19)25-16-4-8-18(9-5-16)26-14-12-20(22)23/h4-13,25H,14-15H2,1-3H3. The third kappa shape index (κ3) is 9.02. The minimum absolute atomic E-state index is 0.191. The predicted octanol–water partition coefficient (Wildman–Crippen LogP) is 6.31. The van der Waals surface area contributed by atoms with Crippen LogP contribution in [0.4, 0.5) is 11.4 Å². The van der Waals surface area contributed by atoms with Gasteiger partial charge < -0.3 is 19.6 Å². The Kier molecular flexibility index (Phi) is 8.48. The molecular weight excluding hydrogens is 399 g/mol. The van der Waals surface area contributed by atoms with E-state index < -0.39 is 0 Å². The summed E-state index contributed by atoms with van der Waals surface area (Å²) in [5.74, 6) is 1.49. The average Bonchev–Trinajstić information content (AvgIpc) is 2.63. The molecule has 0 heterocycles. The Labute approximate surface area is 175 Å². The molecule has 1 N–H and O–H groups in total. The number of rotatable bonds is 9. The topological polar surface area (TPSA) is 52.1 Å². The molecule has 150 valence electrons. The molecule has 0 aliphatic carbocycles. The van der Waals surface area contributed by atoms with Crippen molar-refractivity contribution >= 4 is 40.8 Å². The fourth-order valence-electron chi connectivity index (χ4n) is 2.00. The maximum Gasteiger partial charge on any atom is 0.129 e. The van der Waals surface area contributed by atoms with Gasteiger partial charge in [0.25, 0.3) is 0 Å². The smallest absolute Gasteiger partial charge is 0.129 e. The second-order valence-corrected chi connectivity index (χ2v) is 7.79. The molecule has 0 fully saturated rings. The molecular formula is C21H24Cl2N2O3. The van der Waals surface area contributed by atoms with Crippen molar-refractivity contribution in [2.24, 2.45) is 5.16 Å². The van der Waals surface area contributed by atoms with E-state index in [0.29, 0.717) is 13.2 Å². The molecule has 2 aromatic rings. The minimum atomic E-state index is -0.302. The quantitative estimate of drug-likeness (QED) is 0.380. The van der Waals surface area contributed by atoms with E-state index in [4.69, 9.17) is 37.5 Å². The van der Waals surface area contributed by atoms with Crippen LogP contribution in [0, 0.1) is 0 Å². The lowest BCUT2D eigenvalue weighted by Gasteiger charge is -2.14. The number of halogens is 2. The van der Waals surface area contributed by atoms with Crippen LogP contribution in [0.1, 0.15) is 20.8 Å². The zero-order chi connectivity index (χ0) is 20.4.